The van der Waals surface area contributed by atoms with Gasteiger partial charge in [-0.05, 0) is 66.3 Å². The van der Waals surface area contributed by atoms with E-state index in [1.54, 1.807) is 54.6 Å². The fourth-order valence-electron chi connectivity index (χ4n) is 4.49. The van der Waals surface area contributed by atoms with Crippen LogP contribution in [0.4, 0.5) is 5.69 Å². The molecule has 0 heterocycles. The number of nitrogens with one attached hydrogen (secondary N) is 1. The highest BCUT2D eigenvalue weighted by molar-refractivity contribution is 7.92. The average Bonchev–Trinajstić information content (AvgIpc) is 2.97. The highest BCUT2D eigenvalue weighted by atomic mass is 35.5. The van der Waals surface area contributed by atoms with Crippen molar-refractivity contribution in [1.29, 1.82) is 0 Å². The number of unbranched alkanes of at least 4 members (excludes halogenated alkanes) is 1. The third-order valence-electron chi connectivity index (χ3n) is 6.94. The third-order valence-corrected chi connectivity index (χ3v) is 8.98. The monoisotopic (exact) mass is 597 g/mol. The van der Waals surface area contributed by atoms with E-state index in [1.807, 2.05) is 26.0 Å². The Morgan fingerprint density at radius 1 is 0.902 bits per heavy atom. The Kier molecular flexibility index (Phi) is 11.8. The molecule has 0 bridgehead atoms. The van der Waals surface area contributed by atoms with Gasteiger partial charge in [0.2, 0.25) is 11.8 Å². The summed E-state index contributed by atoms with van der Waals surface area (Å²) in [4.78, 5) is 28.9. The van der Waals surface area contributed by atoms with E-state index in [9.17, 15) is 18.0 Å². The van der Waals surface area contributed by atoms with Crippen LogP contribution in [0.15, 0.2) is 83.8 Å². The van der Waals surface area contributed by atoms with Gasteiger partial charge in [0, 0.05) is 18.1 Å². The molecule has 0 unspecified atom stereocenters. The predicted molar refractivity (Wildman–Crippen MR) is 166 cm³/mol. The zero-order valence-corrected chi connectivity index (χ0v) is 25.8. The summed E-state index contributed by atoms with van der Waals surface area (Å²) in [6, 6.07) is 21.5. The average molecular weight is 598 g/mol. The molecule has 0 aromatic heterocycles. The maximum atomic E-state index is 14.1. The number of sulfonamides is 1. The first-order valence-corrected chi connectivity index (χ1v) is 15.9. The Morgan fingerprint density at radius 2 is 1.54 bits per heavy atom. The molecule has 3 rings (SSSR count). The predicted octanol–water partition coefficient (Wildman–Crippen LogP) is 6.38. The Morgan fingerprint density at radius 3 is 2.10 bits per heavy atom. The number of nitrogens with zero attached hydrogens (tertiary/aromatic N) is 2. The molecule has 0 fully saturated rings. The number of amides is 2. The Bertz CT molecular complexity index is 1380. The minimum Gasteiger partial charge on any atom is -0.354 e. The van der Waals surface area contributed by atoms with Crippen LogP contribution in [0.25, 0.3) is 0 Å². The first-order chi connectivity index (χ1) is 19.6. The van der Waals surface area contributed by atoms with Crippen LogP contribution in [0.1, 0.15) is 64.0 Å². The molecule has 0 radical (unpaired) electrons. The molecular weight excluding hydrogens is 558 g/mol. The van der Waals surface area contributed by atoms with Crippen LogP contribution in [0.3, 0.4) is 0 Å². The molecule has 0 saturated carbocycles. The van der Waals surface area contributed by atoms with Crippen LogP contribution in [-0.4, -0.2) is 44.3 Å². The van der Waals surface area contributed by atoms with E-state index in [1.165, 1.54) is 17.0 Å². The van der Waals surface area contributed by atoms with E-state index in [2.05, 4.69) is 19.2 Å². The van der Waals surface area contributed by atoms with Gasteiger partial charge in [-0.1, -0.05) is 88.2 Å². The summed E-state index contributed by atoms with van der Waals surface area (Å²) in [6.45, 7) is 8.16. The van der Waals surface area contributed by atoms with Gasteiger partial charge in [-0.25, -0.2) is 8.42 Å². The van der Waals surface area contributed by atoms with Crippen LogP contribution in [0.2, 0.25) is 5.02 Å². The summed E-state index contributed by atoms with van der Waals surface area (Å²) in [7, 11) is -4.10. The van der Waals surface area contributed by atoms with Crippen molar-refractivity contribution in [2.75, 3.05) is 17.4 Å². The van der Waals surface area contributed by atoms with Crippen molar-refractivity contribution in [3.8, 4) is 0 Å². The van der Waals surface area contributed by atoms with Crippen molar-refractivity contribution in [1.82, 2.24) is 10.2 Å². The van der Waals surface area contributed by atoms with Gasteiger partial charge >= 0.3 is 0 Å². The number of halogens is 1. The lowest BCUT2D eigenvalue weighted by Crippen LogP contribution is -2.52. The minimum atomic E-state index is -4.10. The fourth-order valence-corrected chi connectivity index (χ4v) is 6.05. The first-order valence-electron chi connectivity index (χ1n) is 14.1. The lowest BCUT2D eigenvalue weighted by Gasteiger charge is -2.33. The zero-order valence-electron chi connectivity index (χ0n) is 24.2. The van der Waals surface area contributed by atoms with Gasteiger partial charge in [-0.2, -0.15) is 0 Å². The fraction of sp³-hybridized carbons (Fsp3) is 0.375. The molecule has 0 aliphatic carbocycles. The van der Waals surface area contributed by atoms with Gasteiger partial charge in [0.15, 0.2) is 0 Å². The first kappa shape index (κ1) is 32.2. The van der Waals surface area contributed by atoms with E-state index < -0.39 is 28.5 Å². The summed E-state index contributed by atoms with van der Waals surface area (Å²) in [5.74, 6) is -0.483. The second-order valence-electron chi connectivity index (χ2n) is 10.3. The number of carbonyl (C=O) groups is 2. The smallest absolute Gasteiger partial charge is 0.264 e. The van der Waals surface area contributed by atoms with Crippen LogP contribution >= 0.6 is 11.6 Å². The van der Waals surface area contributed by atoms with Crippen molar-refractivity contribution in [2.24, 2.45) is 0 Å². The van der Waals surface area contributed by atoms with E-state index in [4.69, 9.17) is 11.6 Å². The molecular formula is C32H40ClN3O4S. The molecule has 0 spiro atoms. The molecule has 3 aromatic carbocycles. The lowest BCUT2D eigenvalue weighted by molar-refractivity contribution is -0.140. The lowest BCUT2D eigenvalue weighted by atomic mass is 10.0. The topological polar surface area (TPSA) is 86.8 Å². The van der Waals surface area contributed by atoms with Gasteiger partial charge in [0.25, 0.3) is 10.0 Å². The minimum absolute atomic E-state index is 0.0781. The SMILES string of the molecule is CCCCNC(=O)[C@@H](CC)N(Cc1ccc(Cl)cc1)C(=O)CN(c1ccc(C(C)C)cc1)S(=O)(=O)c1ccccc1. The van der Waals surface area contributed by atoms with Gasteiger partial charge in [0.1, 0.15) is 12.6 Å². The van der Waals surface area contributed by atoms with Crippen LogP contribution in [-0.2, 0) is 26.2 Å². The van der Waals surface area contributed by atoms with Gasteiger partial charge in [-0.3, -0.25) is 13.9 Å². The van der Waals surface area contributed by atoms with Gasteiger partial charge in [0.05, 0.1) is 10.6 Å². The maximum absolute atomic E-state index is 14.1. The second-order valence-corrected chi connectivity index (χ2v) is 12.6. The highest BCUT2D eigenvalue weighted by Gasteiger charge is 2.33. The van der Waals surface area contributed by atoms with Crippen molar-refractivity contribution in [3.05, 3.63) is 95.0 Å². The molecule has 2 amide bonds. The van der Waals surface area contributed by atoms with Crippen LogP contribution in [0, 0.1) is 0 Å². The summed E-state index contributed by atoms with van der Waals surface area (Å²) in [5, 5.41) is 3.49. The van der Waals surface area contributed by atoms with Crippen molar-refractivity contribution in [2.45, 2.75) is 70.4 Å². The Balaban J connectivity index is 2.03. The van der Waals surface area contributed by atoms with Crippen LogP contribution in [0.5, 0.6) is 0 Å². The molecule has 1 atom stereocenters. The Labute approximate surface area is 249 Å². The number of benzene rings is 3. The third kappa shape index (κ3) is 8.57. The second kappa shape index (κ2) is 15.0. The normalized spacial score (nSPS) is 12.1. The quantitative estimate of drug-likeness (QED) is 0.218. The van der Waals surface area contributed by atoms with Crippen molar-refractivity contribution >= 4 is 39.1 Å². The molecule has 1 N–H and O–H groups in total. The molecule has 41 heavy (non-hydrogen) atoms. The van der Waals surface area contributed by atoms with E-state index in [0.717, 1.165) is 28.3 Å². The summed E-state index contributed by atoms with van der Waals surface area (Å²) < 4.78 is 29.0. The molecule has 0 saturated heterocycles. The van der Waals surface area contributed by atoms with Crippen LogP contribution < -0.4 is 9.62 Å². The van der Waals surface area contributed by atoms with E-state index in [-0.39, 0.29) is 23.3 Å². The van der Waals surface area contributed by atoms with E-state index in [0.29, 0.717) is 23.7 Å². The molecule has 0 aliphatic heterocycles. The van der Waals surface area contributed by atoms with Gasteiger partial charge < -0.3 is 10.2 Å². The van der Waals surface area contributed by atoms with Crippen molar-refractivity contribution in [3.63, 3.8) is 0 Å². The molecule has 220 valence electrons. The number of rotatable bonds is 14. The summed E-state index contributed by atoms with van der Waals surface area (Å²) >= 11 is 6.08. The molecule has 0 aliphatic rings. The summed E-state index contributed by atoms with van der Waals surface area (Å²) in [5.41, 5.74) is 2.20. The van der Waals surface area contributed by atoms with E-state index >= 15 is 0 Å². The molecule has 3 aromatic rings. The highest BCUT2D eigenvalue weighted by Crippen LogP contribution is 2.27. The number of hydrogen-bond acceptors (Lipinski definition) is 4. The van der Waals surface area contributed by atoms with Crippen molar-refractivity contribution < 1.29 is 18.0 Å². The largest absolute Gasteiger partial charge is 0.354 e. The maximum Gasteiger partial charge on any atom is 0.264 e. The standard InChI is InChI=1S/C32H40ClN3O4S/c1-5-7-21-34-32(38)30(6-2)35(22-25-13-17-27(33)18-14-25)31(37)23-36(28-19-15-26(16-20-28)24(3)4)41(39,40)29-11-9-8-10-12-29/h8-20,24,30H,5-7,21-23H2,1-4H3,(H,34,38)/t30-/m1/s1. The number of carbonyl (C=O) groups excluding carboxylic acids is 2. The zero-order chi connectivity index (χ0) is 30.0. The summed E-state index contributed by atoms with van der Waals surface area (Å²) in [6.07, 6.45) is 2.11. The number of hydrogen-bond donors (Lipinski definition) is 1. The number of anilines is 1. The van der Waals surface area contributed by atoms with Gasteiger partial charge in [-0.15, -0.1) is 0 Å². The molecule has 7 nitrogen and oxygen atoms in total. The molecule has 9 heteroatoms. The Hall–Kier alpha value is -3.36.